The third kappa shape index (κ3) is 6.18. The van der Waals surface area contributed by atoms with Crippen LogP contribution in [0, 0.1) is 0 Å². The Morgan fingerprint density at radius 1 is 1.12 bits per heavy atom. The van der Waals surface area contributed by atoms with Crippen molar-refractivity contribution in [1.29, 1.82) is 0 Å². The molecule has 0 fully saturated rings. The van der Waals surface area contributed by atoms with Gasteiger partial charge < -0.3 is 14.6 Å². The van der Waals surface area contributed by atoms with Crippen LogP contribution in [0.5, 0.6) is 17.2 Å². The van der Waals surface area contributed by atoms with Gasteiger partial charge in [0.15, 0.2) is 0 Å². The van der Waals surface area contributed by atoms with E-state index in [-0.39, 0.29) is 30.2 Å². The molecule has 0 saturated carbocycles. The van der Waals surface area contributed by atoms with Gasteiger partial charge in [-0.05, 0) is 55.3 Å². The van der Waals surface area contributed by atoms with Gasteiger partial charge in [0.05, 0.1) is 6.61 Å². The number of ether oxygens (including phenoxy) is 2. The number of hydrogen-bond donors (Lipinski definition) is 2. The lowest BCUT2D eigenvalue weighted by molar-refractivity contribution is -0.144. The van der Waals surface area contributed by atoms with Crippen molar-refractivity contribution < 1.29 is 19.4 Å². The molecule has 0 radical (unpaired) electrons. The van der Waals surface area contributed by atoms with E-state index in [1.807, 2.05) is 47.1 Å². The molecule has 0 spiro atoms. The minimum atomic E-state index is -0.376. The summed E-state index contributed by atoms with van der Waals surface area (Å²) in [6.07, 6.45) is 0.543. The van der Waals surface area contributed by atoms with Gasteiger partial charge in [-0.2, -0.15) is 0 Å². The molecule has 1 atom stereocenters. The summed E-state index contributed by atoms with van der Waals surface area (Å²) >= 11 is 1.96. The maximum absolute atomic E-state index is 11.8. The van der Waals surface area contributed by atoms with Gasteiger partial charge >= 0.3 is 5.97 Å². The first-order valence-corrected chi connectivity index (χ1v) is 8.29. The van der Waals surface area contributed by atoms with Crippen LogP contribution in [-0.2, 0) is 16.0 Å². The first-order chi connectivity index (χ1) is 11.1. The molecule has 2 aromatic carbocycles. The highest BCUT2D eigenvalue weighted by Gasteiger charge is 2.18. The summed E-state index contributed by atoms with van der Waals surface area (Å²) in [5.74, 6) is 1.28. The number of halogens is 2. The summed E-state index contributed by atoms with van der Waals surface area (Å²) in [6.45, 7) is 2.16. The minimum absolute atomic E-state index is 0. The average molecular weight is 464 g/mol. The van der Waals surface area contributed by atoms with Crippen molar-refractivity contribution in [2.75, 3.05) is 6.61 Å². The molecular formula is C17H19ClINO4. The number of carbonyl (C=O) groups excluding carboxylic acids is 1. The Kier molecular flexibility index (Phi) is 8.88. The molecule has 2 N–H and O–H groups in total. The summed E-state index contributed by atoms with van der Waals surface area (Å²) in [5, 5.41) is 9.25. The second kappa shape index (κ2) is 10.4. The minimum Gasteiger partial charge on any atom is -0.508 e. The van der Waals surface area contributed by atoms with Crippen LogP contribution in [0.15, 0.2) is 48.5 Å². The van der Waals surface area contributed by atoms with Gasteiger partial charge in [-0.25, -0.2) is 3.53 Å². The number of carbonyl (C=O) groups is 1. The van der Waals surface area contributed by atoms with Crippen molar-refractivity contribution in [3.8, 4) is 17.2 Å². The maximum Gasteiger partial charge on any atom is 0.324 e. The highest BCUT2D eigenvalue weighted by molar-refractivity contribution is 14.1. The van der Waals surface area contributed by atoms with E-state index in [9.17, 15) is 9.90 Å². The normalized spacial score (nSPS) is 11.2. The fraction of sp³-hybridized carbons (Fsp3) is 0.235. The highest BCUT2D eigenvalue weighted by Crippen LogP contribution is 2.23. The lowest BCUT2D eigenvalue weighted by atomic mass is 10.1. The maximum atomic E-state index is 11.8. The Morgan fingerprint density at radius 2 is 1.67 bits per heavy atom. The molecule has 7 heteroatoms. The van der Waals surface area contributed by atoms with Gasteiger partial charge in [-0.3, -0.25) is 4.79 Å². The zero-order valence-electron chi connectivity index (χ0n) is 13.1. The molecule has 0 aromatic heterocycles. The number of phenolic OH excluding ortho intramolecular Hbond substituents is 1. The predicted octanol–water partition coefficient (Wildman–Crippen LogP) is 4.02. The summed E-state index contributed by atoms with van der Waals surface area (Å²) in [7, 11) is 0. The van der Waals surface area contributed by atoms with Gasteiger partial charge in [-0.1, -0.05) is 12.1 Å². The van der Waals surface area contributed by atoms with E-state index < -0.39 is 0 Å². The molecule has 5 nitrogen and oxygen atoms in total. The van der Waals surface area contributed by atoms with Crippen LogP contribution in [-0.4, -0.2) is 23.7 Å². The van der Waals surface area contributed by atoms with E-state index >= 15 is 0 Å². The number of phenols is 1. The third-order valence-corrected chi connectivity index (χ3v) is 3.89. The highest BCUT2D eigenvalue weighted by atomic mass is 127. The number of esters is 1. The molecule has 0 saturated heterocycles. The van der Waals surface area contributed by atoms with Crippen molar-refractivity contribution in [3.05, 3.63) is 54.1 Å². The summed E-state index contributed by atoms with van der Waals surface area (Å²) in [4.78, 5) is 11.8. The third-order valence-electron chi connectivity index (χ3n) is 3.14. The largest absolute Gasteiger partial charge is 0.508 e. The Labute approximate surface area is 161 Å². The summed E-state index contributed by atoms with van der Waals surface area (Å²) in [5.41, 5.74) is 1.00. The molecule has 0 amide bonds. The second-order valence-electron chi connectivity index (χ2n) is 4.86. The topological polar surface area (TPSA) is 67.8 Å². The van der Waals surface area contributed by atoms with E-state index in [2.05, 4.69) is 3.53 Å². The second-order valence-corrected chi connectivity index (χ2v) is 5.48. The van der Waals surface area contributed by atoms with Gasteiger partial charge in [0.2, 0.25) is 0 Å². The van der Waals surface area contributed by atoms with Crippen molar-refractivity contribution in [3.63, 3.8) is 0 Å². The zero-order valence-corrected chi connectivity index (χ0v) is 16.0. The van der Waals surface area contributed by atoms with Crippen LogP contribution in [0.2, 0.25) is 0 Å². The van der Waals surface area contributed by atoms with E-state index in [0.29, 0.717) is 24.5 Å². The van der Waals surface area contributed by atoms with E-state index in [1.165, 1.54) is 0 Å². The molecule has 0 bridgehead atoms. The molecular weight excluding hydrogens is 445 g/mol. The Balaban J connectivity index is 0.00000288. The predicted molar refractivity (Wildman–Crippen MR) is 103 cm³/mol. The molecule has 0 heterocycles. The SMILES string of the molecule is CCOC(=O)[C@H](Cc1ccc(Oc2ccc(O)cc2)cc1)NI.Cl. The molecule has 0 aliphatic heterocycles. The van der Waals surface area contributed by atoms with Gasteiger partial charge in [-0.15, -0.1) is 12.4 Å². The molecule has 0 unspecified atom stereocenters. The van der Waals surface area contributed by atoms with Crippen LogP contribution < -0.4 is 8.27 Å². The molecule has 2 rings (SSSR count). The molecule has 24 heavy (non-hydrogen) atoms. The quantitative estimate of drug-likeness (QED) is 0.369. The Bertz CT molecular complexity index is 634. The fourth-order valence-corrected chi connectivity index (χ4v) is 2.46. The van der Waals surface area contributed by atoms with E-state index in [4.69, 9.17) is 9.47 Å². The zero-order chi connectivity index (χ0) is 16.7. The lowest BCUT2D eigenvalue weighted by Crippen LogP contribution is -2.34. The van der Waals surface area contributed by atoms with Crippen molar-refractivity contribution in [2.45, 2.75) is 19.4 Å². The fourth-order valence-electron chi connectivity index (χ4n) is 1.99. The van der Waals surface area contributed by atoms with Crippen LogP contribution in [0.25, 0.3) is 0 Å². The first-order valence-electron chi connectivity index (χ1n) is 7.21. The number of hydrogen-bond acceptors (Lipinski definition) is 5. The molecule has 2 aromatic rings. The number of nitrogens with one attached hydrogen (secondary N) is 1. The van der Waals surface area contributed by atoms with Gasteiger partial charge in [0.1, 0.15) is 23.3 Å². The Hall–Kier alpha value is -1.51. The lowest BCUT2D eigenvalue weighted by Gasteiger charge is -2.14. The average Bonchev–Trinajstić information content (AvgIpc) is 2.56. The van der Waals surface area contributed by atoms with Crippen molar-refractivity contribution in [1.82, 2.24) is 3.53 Å². The first kappa shape index (κ1) is 20.5. The number of rotatable bonds is 7. The number of aromatic hydroxyl groups is 1. The number of benzene rings is 2. The van der Waals surface area contributed by atoms with Gasteiger partial charge in [0.25, 0.3) is 0 Å². The smallest absolute Gasteiger partial charge is 0.324 e. The Morgan fingerprint density at radius 3 is 2.17 bits per heavy atom. The van der Waals surface area contributed by atoms with Crippen LogP contribution in [0.1, 0.15) is 12.5 Å². The standard InChI is InChI=1S/C17H18INO4.ClH/c1-2-22-17(21)16(19-18)11-12-3-7-14(8-4-12)23-15-9-5-13(20)6-10-15;/h3-10,16,19-20H,2,11H2,1H3;1H/t16-;/m0./s1. The van der Waals surface area contributed by atoms with Gasteiger partial charge in [0, 0.05) is 22.9 Å². The molecule has 0 aliphatic rings. The summed E-state index contributed by atoms with van der Waals surface area (Å²) < 4.78 is 13.6. The van der Waals surface area contributed by atoms with Crippen LogP contribution >= 0.6 is 35.3 Å². The van der Waals surface area contributed by atoms with Crippen LogP contribution in [0.4, 0.5) is 0 Å². The van der Waals surface area contributed by atoms with E-state index in [0.717, 1.165) is 5.56 Å². The molecule has 130 valence electrons. The van der Waals surface area contributed by atoms with E-state index in [1.54, 1.807) is 31.2 Å². The monoisotopic (exact) mass is 463 g/mol. The van der Waals surface area contributed by atoms with Crippen molar-refractivity contribution >= 4 is 41.2 Å². The van der Waals surface area contributed by atoms with Crippen LogP contribution in [0.3, 0.4) is 0 Å². The summed E-state index contributed by atoms with van der Waals surface area (Å²) in [6, 6.07) is 13.7. The van der Waals surface area contributed by atoms with Crippen molar-refractivity contribution in [2.24, 2.45) is 0 Å². The molecule has 0 aliphatic carbocycles.